The van der Waals surface area contributed by atoms with Gasteiger partial charge in [0.05, 0.1) is 26.9 Å². The van der Waals surface area contributed by atoms with E-state index in [1.54, 1.807) is 20.3 Å². The predicted octanol–water partition coefficient (Wildman–Crippen LogP) is 5.07. The normalized spacial score (nSPS) is 19.5. The van der Waals surface area contributed by atoms with Crippen molar-refractivity contribution in [2.24, 2.45) is 0 Å². The summed E-state index contributed by atoms with van der Waals surface area (Å²) in [7, 11) is 8.48. The van der Waals surface area contributed by atoms with E-state index in [9.17, 15) is 9.59 Å². The molecule has 1 aliphatic carbocycles. The summed E-state index contributed by atoms with van der Waals surface area (Å²) in [6.07, 6.45) is 1.02. The summed E-state index contributed by atoms with van der Waals surface area (Å²) in [5.41, 5.74) is 5.47. The molecular formula is C28H31BrN2O5. The topological polar surface area (TPSA) is 77.1 Å². The lowest BCUT2D eigenvalue weighted by Crippen LogP contribution is -2.36. The highest BCUT2D eigenvalue weighted by Crippen LogP contribution is 2.49. The van der Waals surface area contributed by atoms with Crippen LogP contribution in [0.3, 0.4) is 0 Å². The molecule has 0 radical (unpaired) electrons. The molecule has 7 nitrogen and oxygen atoms in total. The molecule has 0 amide bonds. The number of allylic oxidation sites excluding steroid dienone is 3. The molecule has 2 aliphatic rings. The lowest BCUT2D eigenvalue weighted by atomic mass is 9.71. The number of benzene rings is 2. The maximum absolute atomic E-state index is 13.8. The molecule has 1 heterocycles. The number of anilines is 1. The molecule has 2 aromatic rings. The number of ether oxygens (including phenoxy) is 3. The van der Waals surface area contributed by atoms with E-state index >= 15 is 0 Å². The van der Waals surface area contributed by atoms with Gasteiger partial charge in [0.15, 0.2) is 17.3 Å². The summed E-state index contributed by atoms with van der Waals surface area (Å²) in [5.74, 6) is 0.0287. The Hall–Kier alpha value is -3.26. The molecule has 8 heteroatoms. The third kappa shape index (κ3) is 4.62. The standard InChI is InChI=1S/C28H31BrN2O5/c1-15-25(28(33)36-6)26(19-13-23(34-4)24(35-5)14-20(19)29)27-21(30-15)11-17(12-22(27)32)16-7-9-18(10-8-16)31(2)3/h7-10,13-14,17,26,30H,11-12H2,1-6H3/t17-,26+/m1/s1. The zero-order valence-electron chi connectivity index (χ0n) is 21.4. The lowest BCUT2D eigenvalue weighted by molar-refractivity contribution is -0.136. The van der Waals surface area contributed by atoms with Crippen molar-refractivity contribution in [3.63, 3.8) is 0 Å². The largest absolute Gasteiger partial charge is 0.493 e. The number of ketones is 1. The van der Waals surface area contributed by atoms with E-state index in [2.05, 4.69) is 45.5 Å². The molecule has 0 fully saturated rings. The highest BCUT2D eigenvalue weighted by atomic mass is 79.9. The fraction of sp³-hybridized carbons (Fsp3) is 0.357. The van der Waals surface area contributed by atoms with E-state index in [4.69, 9.17) is 14.2 Å². The minimum Gasteiger partial charge on any atom is -0.493 e. The van der Waals surface area contributed by atoms with E-state index in [-0.39, 0.29) is 11.7 Å². The van der Waals surface area contributed by atoms with Crippen LogP contribution in [-0.2, 0) is 14.3 Å². The molecule has 0 saturated heterocycles. The van der Waals surface area contributed by atoms with Crippen molar-refractivity contribution in [3.8, 4) is 11.5 Å². The van der Waals surface area contributed by atoms with Crippen LogP contribution in [0.15, 0.2) is 63.4 Å². The number of halogens is 1. The van der Waals surface area contributed by atoms with Gasteiger partial charge in [-0.2, -0.15) is 0 Å². The number of carbonyl (C=O) groups excluding carboxylic acids is 2. The van der Waals surface area contributed by atoms with E-state index in [1.165, 1.54) is 7.11 Å². The van der Waals surface area contributed by atoms with Crippen LogP contribution < -0.4 is 19.7 Å². The van der Waals surface area contributed by atoms with Gasteiger partial charge in [0, 0.05) is 53.6 Å². The molecule has 0 aromatic heterocycles. The molecule has 0 unspecified atom stereocenters. The van der Waals surface area contributed by atoms with Gasteiger partial charge >= 0.3 is 5.97 Å². The van der Waals surface area contributed by atoms with Crippen LogP contribution in [0.2, 0.25) is 0 Å². The number of dihydropyridines is 1. The van der Waals surface area contributed by atoms with Crippen LogP contribution >= 0.6 is 15.9 Å². The second-order valence-electron chi connectivity index (χ2n) is 9.22. The van der Waals surface area contributed by atoms with Crippen LogP contribution in [-0.4, -0.2) is 47.2 Å². The van der Waals surface area contributed by atoms with Crippen molar-refractivity contribution in [3.05, 3.63) is 74.5 Å². The number of hydrogen-bond acceptors (Lipinski definition) is 7. The first-order chi connectivity index (χ1) is 17.2. The SMILES string of the molecule is COC(=O)C1=C(C)NC2=C(C(=O)C[C@H](c3ccc(N(C)C)cc3)C2)[C@H]1c1cc(OC)c(OC)cc1Br. The van der Waals surface area contributed by atoms with Crippen molar-refractivity contribution in [1.82, 2.24) is 5.32 Å². The minimum absolute atomic E-state index is 0.00558. The third-order valence-corrected chi connectivity index (χ3v) is 7.61. The zero-order valence-corrected chi connectivity index (χ0v) is 23.0. The van der Waals surface area contributed by atoms with Crippen molar-refractivity contribution in [1.29, 1.82) is 0 Å². The second kappa shape index (κ2) is 10.4. The number of rotatable bonds is 6. The Kier molecular flexibility index (Phi) is 7.45. The third-order valence-electron chi connectivity index (χ3n) is 6.93. The van der Waals surface area contributed by atoms with Gasteiger partial charge in [-0.3, -0.25) is 4.79 Å². The van der Waals surface area contributed by atoms with E-state index in [0.717, 1.165) is 22.5 Å². The van der Waals surface area contributed by atoms with Crippen molar-refractivity contribution in [2.75, 3.05) is 40.3 Å². The first-order valence-electron chi connectivity index (χ1n) is 11.7. The molecular weight excluding hydrogens is 524 g/mol. The van der Waals surface area contributed by atoms with Gasteiger partial charge in [-0.05, 0) is 54.7 Å². The summed E-state index contributed by atoms with van der Waals surface area (Å²) in [5, 5.41) is 3.37. The van der Waals surface area contributed by atoms with Crippen LogP contribution in [0.4, 0.5) is 5.69 Å². The van der Waals surface area contributed by atoms with Gasteiger partial charge in [-0.15, -0.1) is 0 Å². The smallest absolute Gasteiger partial charge is 0.336 e. The number of Topliss-reactive ketones (excluding diaryl/α,β-unsaturated/α-hetero) is 1. The fourth-order valence-corrected chi connectivity index (χ4v) is 5.65. The van der Waals surface area contributed by atoms with Gasteiger partial charge < -0.3 is 24.4 Å². The Morgan fingerprint density at radius 3 is 2.25 bits per heavy atom. The summed E-state index contributed by atoms with van der Waals surface area (Å²) < 4.78 is 16.8. The Bertz CT molecular complexity index is 1260. The van der Waals surface area contributed by atoms with Gasteiger partial charge in [0.1, 0.15) is 0 Å². The highest BCUT2D eigenvalue weighted by Gasteiger charge is 2.42. The molecule has 0 bridgehead atoms. The quantitative estimate of drug-likeness (QED) is 0.499. The van der Waals surface area contributed by atoms with E-state index in [1.807, 2.05) is 32.0 Å². The Morgan fingerprint density at radius 2 is 1.67 bits per heavy atom. The van der Waals surface area contributed by atoms with E-state index < -0.39 is 11.9 Å². The van der Waals surface area contributed by atoms with Crippen molar-refractivity contribution < 1.29 is 23.8 Å². The van der Waals surface area contributed by atoms with Crippen LogP contribution in [0, 0.1) is 0 Å². The average Bonchev–Trinajstić information content (AvgIpc) is 2.87. The summed E-state index contributed by atoms with van der Waals surface area (Å²) in [4.78, 5) is 28.8. The average molecular weight is 555 g/mol. The van der Waals surface area contributed by atoms with Crippen LogP contribution in [0.25, 0.3) is 0 Å². The van der Waals surface area contributed by atoms with E-state index in [0.29, 0.717) is 45.7 Å². The van der Waals surface area contributed by atoms with Crippen LogP contribution in [0.1, 0.15) is 42.7 Å². The minimum atomic E-state index is -0.604. The highest BCUT2D eigenvalue weighted by molar-refractivity contribution is 9.10. The number of carbonyl (C=O) groups is 2. The lowest BCUT2D eigenvalue weighted by Gasteiger charge is -2.37. The molecule has 190 valence electrons. The first kappa shape index (κ1) is 25.8. The summed E-state index contributed by atoms with van der Waals surface area (Å²) >= 11 is 3.64. The number of hydrogen-bond donors (Lipinski definition) is 1. The first-order valence-corrected chi connectivity index (χ1v) is 12.5. The monoisotopic (exact) mass is 554 g/mol. The summed E-state index contributed by atoms with van der Waals surface area (Å²) in [6, 6.07) is 11.9. The molecule has 0 saturated carbocycles. The number of methoxy groups -OCH3 is 3. The van der Waals surface area contributed by atoms with Gasteiger partial charge in [0.25, 0.3) is 0 Å². The fourth-order valence-electron chi connectivity index (χ4n) is 5.10. The molecule has 2 atom stereocenters. The molecule has 36 heavy (non-hydrogen) atoms. The molecule has 1 aliphatic heterocycles. The Balaban J connectivity index is 1.82. The number of esters is 1. The van der Waals surface area contributed by atoms with Gasteiger partial charge in [0.2, 0.25) is 0 Å². The molecule has 0 spiro atoms. The summed E-state index contributed by atoms with van der Waals surface area (Å²) in [6.45, 7) is 1.84. The number of nitrogens with zero attached hydrogens (tertiary/aromatic N) is 1. The predicted molar refractivity (Wildman–Crippen MR) is 143 cm³/mol. The van der Waals surface area contributed by atoms with Crippen molar-refractivity contribution >= 4 is 33.4 Å². The van der Waals surface area contributed by atoms with Crippen LogP contribution in [0.5, 0.6) is 11.5 Å². The number of nitrogens with one attached hydrogen (secondary N) is 1. The maximum atomic E-state index is 13.8. The van der Waals surface area contributed by atoms with Gasteiger partial charge in [-0.1, -0.05) is 28.1 Å². The maximum Gasteiger partial charge on any atom is 0.336 e. The zero-order chi connectivity index (χ0) is 26.1. The molecule has 4 rings (SSSR count). The van der Waals surface area contributed by atoms with Gasteiger partial charge in [-0.25, -0.2) is 4.79 Å². The molecule has 1 N–H and O–H groups in total. The Labute approximate surface area is 220 Å². The Morgan fingerprint density at radius 1 is 1.03 bits per heavy atom. The molecule has 2 aromatic carbocycles. The second-order valence-corrected chi connectivity index (χ2v) is 10.1. The van der Waals surface area contributed by atoms with Crippen molar-refractivity contribution in [2.45, 2.75) is 31.6 Å².